The summed E-state index contributed by atoms with van der Waals surface area (Å²) >= 11 is 0. The van der Waals surface area contributed by atoms with Crippen molar-refractivity contribution in [2.45, 2.75) is 5.44 Å². The van der Waals surface area contributed by atoms with Gasteiger partial charge in [-0.3, -0.25) is 0 Å². The molecule has 1 aromatic carbocycles. The zero-order valence-corrected chi connectivity index (χ0v) is 8.23. The van der Waals surface area contributed by atoms with E-state index in [-0.39, 0.29) is 12.4 Å². The van der Waals surface area contributed by atoms with Gasteiger partial charge in [0.15, 0.2) is 16.9 Å². The molecular weight excluding hydrogens is 224 g/mol. The van der Waals surface area contributed by atoms with Crippen molar-refractivity contribution in [1.82, 2.24) is 0 Å². The minimum Gasteiger partial charge on any atom is -0.746 e. The third-order valence-corrected chi connectivity index (χ3v) is 2.77. The molecule has 7 heteroatoms. The van der Waals surface area contributed by atoms with Crippen molar-refractivity contribution < 1.29 is 27.6 Å². The maximum atomic E-state index is 10.6. The van der Waals surface area contributed by atoms with Crippen LogP contribution in [0.25, 0.3) is 0 Å². The van der Waals surface area contributed by atoms with E-state index in [9.17, 15) is 18.1 Å². The standard InChI is InChI=1S/C8H8O6S/c9-8(15(10,11)12)5-1-2-6-7(3-5)14-4-13-6/h1-3,8-9H,4H2,(H,10,11,12)/p-1. The van der Waals surface area contributed by atoms with Gasteiger partial charge in [-0.25, -0.2) is 8.42 Å². The van der Waals surface area contributed by atoms with Crippen molar-refractivity contribution >= 4 is 10.1 Å². The van der Waals surface area contributed by atoms with Gasteiger partial charge in [-0.2, -0.15) is 0 Å². The van der Waals surface area contributed by atoms with E-state index < -0.39 is 15.6 Å². The summed E-state index contributed by atoms with van der Waals surface area (Å²) in [6.45, 7) is 0.0407. The summed E-state index contributed by atoms with van der Waals surface area (Å²) in [6.07, 6.45) is 0. The molecule has 1 heterocycles. The van der Waals surface area contributed by atoms with Gasteiger partial charge in [0.2, 0.25) is 6.79 Å². The second kappa shape index (κ2) is 3.37. The summed E-state index contributed by atoms with van der Waals surface area (Å²) < 4.78 is 41.6. The fourth-order valence-electron chi connectivity index (χ4n) is 1.23. The van der Waals surface area contributed by atoms with Crippen LogP contribution in [0, 0.1) is 0 Å². The maximum absolute atomic E-state index is 10.6. The van der Waals surface area contributed by atoms with E-state index in [1.54, 1.807) is 0 Å². The first kappa shape index (κ1) is 10.2. The number of aliphatic hydroxyl groups is 1. The Morgan fingerprint density at radius 2 is 2.00 bits per heavy atom. The fraction of sp³-hybridized carbons (Fsp3) is 0.250. The minimum atomic E-state index is -4.76. The number of benzene rings is 1. The molecule has 1 atom stereocenters. The van der Waals surface area contributed by atoms with E-state index >= 15 is 0 Å². The van der Waals surface area contributed by atoms with Crippen LogP contribution in [0.3, 0.4) is 0 Å². The van der Waals surface area contributed by atoms with E-state index in [0.29, 0.717) is 11.5 Å². The number of rotatable bonds is 2. The summed E-state index contributed by atoms with van der Waals surface area (Å²) in [4.78, 5) is 0. The minimum absolute atomic E-state index is 0.0331. The summed E-state index contributed by atoms with van der Waals surface area (Å²) in [5.41, 5.74) is -2.11. The lowest BCUT2D eigenvalue weighted by molar-refractivity contribution is 0.173. The molecule has 1 aromatic rings. The highest BCUT2D eigenvalue weighted by atomic mass is 32.2. The molecule has 15 heavy (non-hydrogen) atoms. The molecule has 2 rings (SSSR count). The Kier molecular flexibility index (Phi) is 2.29. The van der Waals surface area contributed by atoms with Gasteiger partial charge in [0.1, 0.15) is 10.1 Å². The van der Waals surface area contributed by atoms with Crippen LogP contribution < -0.4 is 9.47 Å². The third kappa shape index (κ3) is 1.89. The van der Waals surface area contributed by atoms with Gasteiger partial charge in [-0.1, -0.05) is 6.07 Å². The van der Waals surface area contributed by atoms with E-state index in [4.69, 9.17) is 9.47 Å². The molecule has 1 aliphatic heterocycles. The smallest absolute Gasteiger partial charge is 0.231 e. The summed E-state index contributed by atoms with van der Waals surface area (Å²) in [7, 11) is -4.76. The summed E-state index contributed by atoms with van der Waals surface area (Å²) in [5.74, 6) is 0.768. The van der Waals surface area contributed by atoms with Crippen molar-refractivity contribution in [1.29, 1.82) is 0 Å². The van der Waals surface area contributed by atoms with Crippen LogP contribution in [0.2, 0.25) is 0 Å². The molecule has 0 bridgehead atoms. The highest BCUT2D eigenvalue weighted by Gasteiger charge is 2.19. The first-order chi connectivity index (χ1) is 6.98. The fourth-order valence-corrected chi connectivity index (χ4v) is 1.71. The molecule has 0 fully saturated rings. The zero-order chi connectivity index (χ0) is 11.1. The van der Waals surface area contributed by atoms with Crippen LogP contribution in [0.15, 0.2) is 18.2 Å². The molecule has 0 spiro atoms. The van der Waals surface area contributed by atoms with Crippen molar-refractivity contribution in [2.24, 2.45) is 0 Å². The van der Waals surface area contributed by atoms with Gasteiger partial charge in [0.05, 0.1) is 0 Å². The van der Waals surface area contributed by atoms with E-state index in [2.05, 4.69) is 0 Å². The van der Waals surface area contributed by atoms with Crippen LogP contribution in [0.5, 0.6) is 11.5 Å². The van der Waals surface area contributed by atoms with Crippen LogP contribution in [0.1, 0.15) is 11.0 Å². The van der Waals surface area contributed by atoms with Gasteiger partial charge < -0.3 is 19.1 Å². The van der Waals surface area contributed by atoms with Crippen LogP contribution >= 0.6 is 0 Å². The largest absolute Gasteiger partial charge is 0.746 e. The predicted molar refractivity (Wildman–Crippen MR) is 47.2 cm³/mol. The van der Waals surface area contributed by atoms with Gasteiger partial charge in [0.25, 0.3) is 0 Å². The first-order valence-electron chi connectivity index (χ1n) is 4.01. The lowest BCUT2D eigenvalue weighted by Crippen LogP contribution is -2.11. The molecule has 1 N–H and O–H groups in total. The van der Waals surface area contributed by atoms with Gasteiger partial charge in [-0.05, 0) is 17.7 Å². The lowest BCUT2D eigenvalue weighted by Gasteiger charge is -2.15. The Bertz CT molecular complexity index is 480. The molecule has 0 aliphatic carbocycles. The Morgan fingerprint density at radius 3 is 2.67 bits per heavy atom. The Balaban J connectivity index is 2.39. The number of hydrogen-bond acceptors (Lipinski definition) is 6. The number of aliphatic hydroxyl groups excluding tert-OH is 1. The lowest BCUT2D eigenvalue weighted by atomic mass is 10.2. The van der Waals surface area contributed by atoms with Crippen LogP contribution in [-0.2, 0) is 10.1 Å². The highest BCUT2D eigenvalue weighted by molar-refractivity contribution is 7.85. The molecule has 0 aromatic heterocycles. The number of hydrogen-bond donors (Lipinski definition) is 1. The van der Waals surface area contributed by atoms with Crippen LogP contribution in [0.4, 0.5) is 0 Å². The normalized spacial score (nSPS) is 16.4. The average Bonchev–Trinajstić information content (AvgIpc) is 2.61. The molecule has 0 amide bonds. The van der Waals surface area contributed by atoms with E-state index in [1.807, 2.05) is 0 Å². The molecule has 0 saturated heterocycles. The Labute approximate surface area is 85.8 Å². The highest BCUT2D eigenvalue weighted by Crippen LogP contribution is 2.34. The number of ether oxygens (including phenoxy) is 2. The SMILES string of the molecule is O=S(=O)([O-])C(O)c1ccc2c(c1)OCO2. The van der Waals surface area contributed by atoms with Crippen molar-refractivity contribution in [3.63, 3.8) is 0 Å². The molecule has 6 nitrogen and oxygen atoms in total. The quantitative estimate of drug-likeness (QED) is 0.717. The average molecular weight is 231 g/mol. The predicted octanol–water partition coefficient (Wildman–Crippen LogP) is -0.0486. The summed E-state index contributed by atoms with van der Waals surface area (Å²) in [6, 6.07) is 4.00. The zero-order valence-electron chi connectivity index (χ0n) is 7.41. The monoisotopic (exact) mass is 231 g/mol. The van der Waals surface area contributed by atoms with E-state index in [1.165, 1.54) is 18.2 Å². The Morgan fingerprint density at radius 1 is 1.33 bits per heavy atom. The second-order valence-electron chi connectivity index (χ2n) is 2.96. The Hall–Kier alpha value is -1.31. The van der Waals surface area contributed by atoms with Crippen molar-refractivity contribution in [2.75, 3.05) is 6.79 Å². The van der Waals surface area contributed by atoms with E-state index in [0.717, 1.165) is 0 Å². The molecule has 1 aliphatic rings. The van der Waals surface area contributed by atoms with Crippen LogP contribution in [-0.4, -0.2) is 24.9 Å². The van der Waals surface area contributed by atoms with Gasteiger partial charge in [0, 0.05) is 0 Å². The van der Waals surface area contributed by atoms with Gasteiger partial charge in [-0.15, -0.1) is 0 Å². The molecule has 0 saturated carbocycles. The summed E-state index contributed by atoms with van der Waals surface area (Å²) in [5, 5.41) is 9.19. The second-order valence-corrected chi connectivity index (χ2v) is 4.39. The maximum Gasteiger partial charge on any atom is 0.231 e. The molecular formula is C8H7O6S-. The van der Waals surface area contributed by atoms with Crippen molar-refractivity contribution in [3.05, 3.63) is 23.8 Å². The van der Waals surface area contributed by atoms with Gasteiger partial charge >= 0.3 is 0 Å². The topological polar surface area (TPSA) is 95.9 Å². The molecule has 82 valence electrons. The molecule has 0 radical (unpaired) electrons. The number of fused-ring (bicyclic) bond motifs is 1. The molecule has 1 unspecified atom stereocenters. The van der Waals surface area contributed by atoms with Crippen molar-refractivity contribution in [3.8, 4) is 11.5 Å². The third-order valence-electron chi connectivity index (χ3n) is 1.96. The first-order valence-corrected chi connectivity index (χ1v) is 5.48.